The predicted molar refractivity (Wildman–Crippen MR) is 88.6 cm³/mol. The van der Waals surface area contributed by atoms with Gasteiger partial charge in [-0.3, -0.25) is 9.59 Å². The summed E-state index contributed by atoms with van der Waals surface area (Å²) in [6.45, 7) is 1.48. The molecule has 0 unspecified atom stereocenters. The molecular formula is C17H21N3O3. The standard InChI is InChI=1S/C17H21N3O3/c1-20(2)11-6-10-18-16(21)13-7-3-4-8-14(13)19-17(22)15-9-5-12-23-15/h3-5,7-9,12H,6,10-11H2,1-2H3,(H,18,21)(H,19,22). The van der Waals surface area contributed by atoms with Gasteiger partial charge in [0.05, 0.1) is 17.5 Å². The average Bonchev–Trinajstić information content (AvgIpc) is 3.06. The van der Waals surface area contributed by atoms with E-state index in [0.717, 1.165) is 13.0 Å². The van der Waals surface area contributed by atoms with Gasteiger partial charge in [-0.15, -0.1) is 0 Å². The molecule has 0 radical (unpaired) electrons. The van der Waals surface area contributed by atoms with E-state index in [-0.39, 0.29) is 17.6 Å². The van der Waals surface area contributed by atoms with E-state index in [1.807, 2.05) is 14.1 Å². The first-order valence-electron chi connectivity index (χ1n) is 7.44. The number of hydrogen-bond acceptors (Lipinski definition) is 4. The number of carbonyl (C=O) groups excluding carboxylic acids is 2. The smallest absolute Gasteiger partial charge is 0.291 e. The summed E-state index contributed by atoms with van der Waals surface area (Å²) in [5.41, 5.74) is 0.885. The number of carbonyl (C=O) groups is 2. The van der Waals surface area contributed by atoms with Crippen LogP contribution in [-0.2, 0) is 0 Å². The summed E-state index contributed by atoms with van der Waals surface area (Å²) < 4.78 is 5.05. The minimum Gasteiger partial charge on any atom is -0.459 e. The highest BCUT2D eigenvalue weighted by atomic mass is 16.3. The maximum atomic E-state index is 12.3. The van der Waals surface area contributed by atoms with Crippen LogP contribution in [0.1, 0.15) is 27.3 Å². The van der Waals surface area contributed by atoms with E-state index in [1.54, 1.807) is 36.4 Å². The highest BCUT2D eigenvalue weighted by Crippen LogP contribution is 2.16. The molecule has 0 aliphatic heterocycles. The van der Waals surface area contributed by atoms with Crippen molar-refractivity contribution < 1.29 is 14.0 Å². The van der Waals surface area contributed by atoms with E-state index in [4.69, 9.17) is 4.42 Å². The van der Waals surface area contributed by atoms with Crippen LogP contribution >= 0.6 is 0 Å². The fraction of sp³-hybridized carbons (Fsp3) is 0.294. The van der Waals surface area contributed by atoms with Crippen LogP contribution in [0.25, 0.3) is 0 Å². The fourth-order valence-corrected chi connectivity index (χ4v) is 2.07. The lowest BCUT2D eigenvalue weighted by Crippen LogP contribution is -2.28. The number of benzene rings is 1. The SMILES string of the molecule is CN(C)CCCNC(=O)c1ccccc1NC(=O)c1ccco1. The first kappa shape index (κ1) is 16.8. The third-order valence-electron chi connectivity index (χ3n) is 3.23. The van der Waals surface area contributed by atoms with Gasteiger partial charge in [0, 0.05) is 6.54 Å². The number of para-hydroxylation sites is 1. The van der Waals surface area contributed by atoms with Crippen LogP contribution in [-0.4, -0.2) is 43.9 Å². The van der Waals surface area contributed by atoms with Crippen LogP contribution in [0, 0.1) is 0 Å². The van der Waals surface area contributed by atoms with E-state index in [2.05, 4.69) is 15.5 Å². The van der Waals surface area contributed by atoms with Crippen LogP contribution < -0.4 is 10.6 Å². The summed E-state index contributed by atoms with van der Waals surface area (Å²) in [5.74, 6) is -0.395. The second-order valence-electron chi connectivity index (χ2n) is 5.39. The summed E-state index contributed by atoms with van der Waals surface area (Å²) in [5, 5.41) is 5.56. The molecule has 0 saturated carbocycles. The lowest BCUT2D eigenvalue weighted by molar-refractivity contribution is 0.0953. The van der Waals surface area contributed by atoms with Gasteiger partial charge in [-0.1, -0.05) is 12.1 Å². The average molecular weight is 315 g/mol. The molecule has 1 aromatic heterocycles. The second kappa shape index (κ2) is 8.14. The molecule has 0 spiro atoms. The summed E-state index contributed by atoms with van der Waals surface area (Å²) in [7, 11) is 3.97. The number of rotatable bonds is 7. The highest BCUT2D eigenvalue weighted by Gasteiger charge is 2.14. The molecule has 0 fully saturated rings. The minimum absolute atomic E-state index is 0.200. The largest absolute Gasteiger partial charge is 0.459 e. The van der Waals surface area contributed by atoms with Crippen LogP contribution in [0.3, 0.4) is 0 Å². The molecule has 23 heavy (non-hydrogen) atoms. The second-order valence-corrected chi connectivity index (χ2v) is 5.39. The minimum atomic E-state index is -0.386. The van der Waals surface area contributed by atoms with Crippen molar-refractivity contribution in [1.82, 2.24) is 10.2 Å². The third kappa shape index (κ3) is 4.96. The van der Waals surface area contributed by atoms with E-state index >= 15 is 0 Å². The van der Waals surface area contributed by atoms with Gasteiger partial charge in [0.25, 0.3) is 11.8 Å². The highest BCUT2D eigenvalue weighted by molar-refractivity contribution is 6.07. The zero-order chi connectivity index (χ0) is 16.7. The molecule has 122 valence electrons. The molecule has 0 aliphatic carbocycles. The Balaban J connectivity index is 1.99. The zero-order valence-corrected chi connectivity index (χ0v) is 13.3. The number of anilines is 1. The number of amides is 2. The number of furan rings is 1. The summed E-state index contributed by atoms with van der Waals surface area (Å²) in [4.78, 5) is 26.4. The van der Waals surface area contributed by atoms with Crippen molar-refractivity contribution in [3.63, 3.8) is 0 Å². The number of nitrogens with zero attached hydrogens (tertiary/aromatic N) is 1. The Morgan fingerprint density at radius 2 is 1.87 bits per heavy atom. The molecule has 2 N–H and O–H groups in total. The topological polar surface area (TPSA) is 74.6 Å². The molecule has 0 atom stereocenters. The van der Waals surface area contributed by atoms with Crippen molar-refractivity contribution in [1.29, 1.82) is 0 Å². The Bertz CT molecular complexity index is 651. The Labute approximate surface area is 135 Å². The zero-order valence-electron chi connectivity index (χ0n) is 13.3. The van der Waals surface area contributed by atoms with E-state index in [1.165, 1.54) is 6.26 Å². The van der Waals surface area contributed by atoms with Crippen LogP contribution in [0.4, 0.5) is 5.69 Å². The lowest BCUT2D eigenvalue weighted by Gasteiger charge is -2.12. The van der Waals surface area contributed by atoms with Gasteiger partial charge in [-0.2, -0.15) is 0 Å². The molecular weight excluding hydrogens is 294 g/mol. The van der Waals surface area contributed by atoms with Crippen molar-refractivity contribution in [2.24, 2.45) is 0 Å². The predicted octanol–water partition coefficient (Wildman–Crippen LogP) is 2.21. The lowest BCUT2D eigenvalue weighted by atomic mass is 10.1. The van der Waals surface area contributed by atoms with Crippen molar-refractivity contribution in [2.75, 3.05) is 32.5 Å². The Morgan fingerprint density at radius 3 is 2.57 bits per heavy atom. The molecule has 1 heterocycles. The summed E-state index contributed by atoms with van der Waals surface area (Å²) in [6.07, 6.45) is 2.29. The van der Waals surface area contributed by atoms with Crippen molar-refractivity contribution in [2.45, 2.75) is 6.42 Å². The molecule has 0 saturated heterocycles. The van der Waals surface area contributed by atoms with Crippen molar-refractivity contribution >= 4 is 17.5 Å². The Morgan fingerprint density at radius 1 is 1.09 bits per heavy atom. The van der Waals surface area contributed by atoms with Gasteiger partial charge in [-0.25, -0.2) is 0 Å². The van der Waals surface area contributed by atoms with Gasteiger partial charge in [0.15, 0.2) is 5.76 Å². The molecule has 6 nitrogen and oxygen atoms in total. The molecule has 2 amide bonds. The number of nitrogens with one attached hydrogen (secondary N) is 2. The van der Waals surface area contributed by atoms with Gasteiger partial charge < -0.3 is 20.0 Å². The molecule has 2 aromatic rings. The quantitative estimate of drug-likeness (QED) is 0.768. The van der Waals surface area contributed by atoms with E-state index in [0.29, 0.717) is 17.8 Å². The van der Waals surface area contributed by atoms with E-state index in [9.17, 15) is 9.59 Å². The first-order chi connectivity index (χ1) is 11.1. The summed E-state index contributed by atoms with van der Waals surface area (Å²) >= 11 is 0. The van der Waals surface area contributed by atoms with Gasteiger partial charge in [-0.05, 0) is 51.3 Å². The van der Waals surface area contributed by atoms with Crippen LogP contribution in [0.15, 0.2) is 47.1 Å². The normalized spacial score (nSPS) is 10.6. The molecule has 0 aliphatic rings. The van der Waals surface area contributed by atoms with Gasteiger partial charge in [0.2, 0.25) is 0 Å². The van der Waals surface area contributed by atoms with Gasteiger partial charge >= 0.3 is 0 Å². The van der Waals surface area contributed by atoms with Crippen LogP contribution in [0.5, 0.6) is 0 Å². The molecule has 1 aromatic carbocycles. The maximum absolute atomic E-state index is 12.3. The fourth-order valence-electron chi connectivity index (χ4n) is 2.07. The Hall–Kier alpha value is -2.60. The number of hydrogen-bond donors (Lipinski definition) is 2. The molecule has 0 bridgehead atoms. The Kier molecular flexibility index (Phi) is 5.94. The molecule has 6 heteroatoms. The van der Waals surface area contributed by atoms with Crippen molar-refractivity contribution in [3.8, 4) is 0 Å². The monoisotopic (exact) mass is 315 g/mol. The maximum Gasteiger partial charge on any atom is 0.291 e. The van der Waals surface area contributed by atoms with Gasteiger partial charge in [0.1, 0.15) is 0 Å². The van der Waals surface area contributed by atoms with Crippen LogP contribution in [0.2, 0.25) is 0 Å². The van der Waals surface area contributed by atoms with Crippen molar-refractivity contribution in [3.05, 3.63) is 54.0 Å². The summed E-state index contributed by atoms with van der Waals surface area (Å²) in [6, 6.07) is 10.1. The third-order valence-corrected chi connectivity index (χ3v) is 3.23. The molecule has 2 rings (SSSR count). The first-order valence-corrected chi connectivity index (χ1v) is 7.44. The van der Waals surface area contributed by atoms with E-state index < -0.39 is 0 Å².